The van der Waals surface area contributed by atoms with E-state index in [9.17, 15) is 0 Å². The first-order valence-corrected chi connectivity index (χ1v) is 7.31. The Hall–Kier alpha value is -0.0800. The van der Waals surface area contributed by atoms with Gasteiger partial charge in [0, 0.05) is 19.1 Å². The molecule has 2 nitrogen and oxygen atoms in total. The van der Waals surface area contributed by atoms with Crippen LogP contribution in [0.15, 0.2) is 0 Å². The number of likely N-dealkylation sites (tertiary alicyclic amines) is 1. The second kappa shape index (κ2) is 4.66. The number of hydrogen-bond donors (Lipinski definition) is 1. The summed E-state index contributed by atoms with van der Waals surface area (Å²) in [5, 5.41) is 0. The van der Waals surface area contributed by atoms with Crippen molar-refractivity contribution in [2.24, 2.45) is 23.5 Å². The van der Waals surface area contributed by atoms with Crippen molar-refractivity contribution < 1.29 is 0 Å². The largest absolute Gasteiger partial charge is 0.329 e. The van der Waals surface area contributed by atoms with Gasteiger partial charge in [-0.15, -0.1) is 0 Å². The van der Waals surface area contributed by atoms with Crippen LogP contribution in [0.25, 0.3) is 0 Å². The summed E-state index contributed by atoms with van der Waals surface area (Å²) in [5.41, 5.74) is 5.90. The van der Waals surface area contributed by atoms with Crippen molar-refractivity contribution in [1.29, 1.82) is 0 Å². The number of fused-ring (bicyclic) bond motifs is 2. The smallest absolute Gasteiger partial charge is 0.0218 e. The molecule has 1 aliphatic heterocycles. The first-order chi connectivity index (χ1) is 7.86. The molecule has 2 saturated carbocycles. The molecule has 92 valence electrons. The molecule has 1 heterocycles. The number of piperidine rings is 1. The standard InChI is InChI=1S/C14H26N2/c15-9-14-3-1-2-6-16(14)10-13-8-11-4-5-12(13)7-11/h11-14H,1-10,15H2. The fourth-order valence-electron chi connectivity index (χ4n) is 4.47. The van der Waals surface area contributed by atoms with Crippen molar-refractivity contribution in [3.05, 3.63) is 0 Å². The summed E-state index contributed by atoms with van der Waals surface area (Å²) in [6.07, 6.45) is 10.3. The van der Waals surface area contributed by atoms with Crippen molar-refractivity contribution >= 4 is 0 Å². The van der Waals surface area contributed by atoms with E-state index in [1.807, 2.05) is 0 Å². The third kappa shape index (κ3) is 2.02. The highest BCUT2D eigenvalue weighted by Gasteiger charge is 2.40. The van der Waals surface area contributed by atoms with E-state index in [2.05, 4.69) is 4.90 Å². The predicted molar refractivity (Wildman–Crippen MR) is 67.2 cm³/mol. The van der Waals surface area contributed by atoms with Crippen LogP contribution < -0.4 is 5.73 Å². The van der Waals surface area contributed by atoms with Gasteiger partial charge in [0.1, 0.15) is 0 Å². The molecule has 4 atom stereocenters. The second-order valence-corrected chi connectivity index (χ2v) is 6.32. The molecule has 16 heavy (non-hydrogen) atoms. The van der Waals surface area contributed by atoms with E-state index in [0.29, 0.717) is 6.04 Å². The topological polar surface area (TPSA) is 29.3 Å². The summed E-state index contributed by atoms with van der Waals surface area (Å²) >= 11 is 0. The maximum atomic E-state index is 5.90. The van der Waals surface area contributed by atoms with Crippen LogP contribution >= 0.6 is 0 Å². The van der Waals surface area contributed by atoms with E-state index in [1.54, 1.807) is 6.42 Å². The molecule has 0 aromatic rings. The summed E-state index contributed by atoms with van der Waals surface area (Å²) in [5.74, 6) is 3.19. The highest BCUT2D eigenvalue weighted by Crippen LogP contribution is 2.48. The monoisotopic (exact) mass is 222 g/mol. The van der Waals surface area contributed by atoms with E-state index >= 15 is 0 Å². The third-order valence-corrected chi connectivity index (χ3v) is 5.37. The van der Waals surface area contributed by atoms with E-state index in [4.69, 9.17) is 5.73 Å². The zero-order valence-electron chi connectivity index (χ0n) is 10.4. The van der Waals surface area contributed by atoms with Crippen molar-refractivity contribution in [1.82, 2.24) is 4.90 Å². The van der Waals surface area contributed by atoms with E-state index in [1.165, 1.54) is 51.6 Å². The van der Waals surface area contributed by atoms with Crippen LogP contribution in [0.3, 0.4) is 0 Å². The summed E-state index contributed by atoms with van der Waals surface area (Å²) in [6, 6.07) is 0.702. The number of hydrogen-bond acceptors (Lipinski definition) is 2. The van der Waals surface area contributed by atoms with Crippen LogP contribution in [0.5, 0.6) is 0 Å². The van der Waals surface area contributed by atoms with Gasteiger partial charge < -0.3 is 5.73 Å². The molecule has 3 aliphatic rings. The van der Waals surface area contributed by atoms with Gasteiger partial charge in [-0.1, -0.05) is 12.8 Å². The molecule has 3 fully saturated rings. The van der Waals surface area contributed by atoms with Gasteiger partial charge in [-0.2, -0.15) is 0 Å². The van der Waals surface area contributed by atoms with Crippen LogP contribution in [0.4, 0.5) is 0 Å². The minimum atomic E-state index is 0.702. The molecule has 0 aromatic heterocycles. The Bertz CT molecular complexity index is 241. The minimum Gasteiger partial charge on any atom is -0.329 e. The molecule has 0 amide bonds. The lowest BCUT2D eigenvalue weighted by Gasteiger charge is -2.38. The Balaban J connectivity index is 1.56. The minimum absolute atomic E-state index is 0.702. The lowest BCUT2D eigenvalue weighted by atomic mass is 9.87. The van der Waals surface area contributed by atoms with Gasteiger partial charge >= 0.3 is 0 Å². The fraction of sp³-hybridized carbons (Fsp3) is 1.00. The average molecular weight is 222 g/mol. The zero-order chi connectivity index (χ0) is 11.0. The highest BCUT2D eigenvalue weighted by atomic mass is 15.2. The maximum absolute atomic E-state index is 5.90. The highest BCUT2D eigenvalue weighted by molar-refractivity contribution is 4.92. The van der Waals surface area contributed by atoms with Gasteiger partial charge in [-0.05, 0) is 56.4 Å². The maximum Gasteiger partial charge on any atom is 0.0218 e. The van der Waals surface area contributed by atoms with Gasteiger partial charge in [0.25, 0.3) is 0 Å². The Morgan fingerprint density at radius 1 is 1.06 bits per heavy atom. The Morgan fingerprint density at radius 2 is 2.00 bits per heavy atom. The van der Waals surface area contributed by atoms with Crippen LogP contribution in [0.2, 0.25) is 0 Å². The Kier molecular flexibility index (Phi) is 3.21. The van der Waals surface area contributed by atoms with E-state index < -0.39 is 0 Å². The van der Waals surface area contributed by atoms with Crippen molar-refractivity contribution in [3.63, 3.8) is 0 Å². The second-order valence-electron chi connectivity index (χ2n) is 6.32. The van der Waals surface area contributed by atoms with Crippen molar-refractivity contribution in [2.45, 2.75) is 51.0 Å². The lowest BCUT2D eigenvalue weighted by Crippen LogP contribution is -2.46. The number of rotatable bonds is 3. The van der Waals surface area contributed by atoms with Crippen molar-refractivity contribution in [2.75, 3.05) is 19.6 Å². The molecule has 2 heteroatoms. The summed E-state index contributed by atoms with van der Waals surface area (Å²) in [4.78, 5) is 2.72. The van der Waals surface area contributed by atoms with Gasteiger partial charge in [-0.3, -0.25) is 4.90 Å². The molecule has 3 rings (SSSR count). The lowest BCUT2D eigenvalue weighted by molar-refractivity contribution is 0.111. The zero-order valence-corrected chi connectivity index (χ0v) is 10.4. The fourth-order valence-corrected chi connectivity index (χ4v) is 4.47. The van der Waals surface area contributed by atoms with Crippen LogP contribution in [-0.4, -0.2) is 30.6 Å². The van der Waals surface area contributed by atoms with Gasteiger partial charge in [0.15, 0.2) is 0 Å². The molecule has 2 bridgehead atoms. The molecule has 2 aliphatic carbocycles. The quantitative estimate of drug-likeness (QED) is 0.793. The predicted octanol–water partition coefficient (Wildman–Crippen LogP) is 2.24. The van der Waals surface area contributed by atoms with Crippen molar-refractivity contribution in [3.8, 4) is 0 Å². The van der Waals surface area contributed by atoms with E-state index in [-0.39, 0.29) is 0 Å². The molecule has 4 unspecified atom stereocenters. The van der Waals surface area contributed by atoms with E-state index in [0.717, 1.165) is 24.3 Å². The van der Waals surface area contributed by atoms with Crippen LogP contribution in [0.1, 0.15) is 44.9 Å². The van der Waals surface area contributed by atoms with Crippen LogP contribution in [0, 0.1) is 17.8 Å². The summed E-state index contributed by atoms with van der Waals surface area (Å²) in [7, 11) is 0. The first kappa shape index (κ1) is 11.0. The molecular formula is C14H26N2. The molecule has 2 N–H and O–H groups in total. The molecule has 0 radical (unpaired) electrons. The molecule has 1 saturated heterocycles. The number of nitrogens with zero attached hydrogens (tertiary/aromatic N) is 1. The Labute approximate surface area is 99.6 Å². The number of nitrogens with two attached hydrogens (primary N) is 1. The van der Waals surface area contributed by atoms with Gasteiger partial charge in [0.05, 0.1) is 0 Å². The average Bonchev–Trinajstić information content (AvgIpc) is 2.92. The summed E-state index contributed by atoms with van der Waals surface area (Å²) < 4.78 is 0. The normalized spacial score (nSPS) is 44.1. The first-order valence-electron chi connectivity index (χ1n) is 7.31. The summed E-state index contributed by atoms with van der Waals surface area (Å²) in [6.45, 7) is 3.56. The van der Waals surface area contributed by atoms with Crippen LogP contribution in [-0.2, 0) is 0 Å². The molecule has 0 aromatic carbocycles. The molecular weight excluding hydrogens is 196 g/mol. The van der Waals surface area contributed by atoms with Gasteiger partial charge in [0.2, 0.25) is 0 Å². The third-order valence-electron chi connectivity index (χ3n) is 5.37. The molecule has 0 spiro atoms. The Morgan fingerprint density at radius 3 is 2.69 bits per heavy atom. The van der Waals surface area contributed by atoms with Gasteiger partial charge in [-0.25, -0.2) is 0 Å². The SMILES string of the molecule is NCC1CCCCN1CC1CC2CCC1C2.